The Morgan fingerprint density at radius 3 is 2.45 bits per heavy atom. The normalized spacial score (nSPS) is 21.9. The average Bonchev–Trinajstić information content (AvgIpc) is 2.26. The van der Waals surface area contributed by atoms with Crippen LogP contribution in [0, 0.1) is 5.82 Å². The van der Waals surface area contributed by atoms with Crippen molar-refractivity contribution in [2.75, 3.05) is 0 Å². The second-order valence-corrected chi connectivity index (χ2v) is 7.15. The molecule has 4 heteroatoms. The summed E-state index contributed by atoms with van der Waals surface area (Å²) in [7, 11) is 0. The molecule has 20 heavy (non-hydrogen) atoms. The van der Waals surface area contributed by atoms with Crippen molar-refractivity contribution in [2.24, 2.45) is 0 Å². The van der Waals surface area contributed by atoms with Crippen molar-refractivity contribution in [1.29, 1.82) is 0 Å². The zero-order valence-electron chi connectivity index (χ0n) is 12.8. The van der Waals surface area contributed by atoms with Crippen molar-refractivity contribution in [1.82, 2.24) is 10.6 Å². The van der Waals surface area contributed by atoms with E-state index in [1.165, 1.54) is 18.2 Å². The second-order valence-electron chi connectivity index (χ2n) is 7.15. The predicted octanol–water partition coefficient (Wildman–Crippen LogP) is 2.93. The molecule has 1 heterocycles. The van der Waals surface area contributed by atoms with Gasteiger partial charge in [-0.1, -0.05) is 0 Å². The van der Waals surface area contributed by atoms with Crippen molar-refractivity contribution < 1.29 is 9.50 Å². The molecule has 0 saturated carbocycles. The first kappa shape index (κ1) is 15.3. The van der Waals surface area contributed by atoms with E-state index in [1.54, 1.807) is 0 Å². The van der Waals surface area contributed by atoms with Gasteiger partial charge in [0.2, 0.25) is 0 Å². The van der Waals surface area contributed by atoms with Crippen LogP contribution in [0.15, 0.2) is 18.2 Å². The molecule has 1 fully saturated rings. The summed E-state index contributed by atoms with van der Waals surface area (Å²) in [6.07, 6.45) is 2.01. The first-order valence-electron chi connectivity index (χ1n) is 7.17. The number of phenols is 1. The van der Waals surface area contributed by atoms with Crippen molar-refractivity contribution in [3.05, 3.63) is 29.6 Å². The van der Waals surface area contributed by atoms with E-state index in [1.807, 2.05) is 0 Å². The van der Waals surface area contributed by atoms with E-state index in [-0.39, 0.29) is 22.6 Å². The van der Waals surface area contributed by atoms with Gasteiger partial charge < -0.3 is 15.7 Å². The molecule has 3 nitrogen and oxygen atoms in total. The molecule has 0 bridgehead atoms. The maximum Gasteiger partial charge on any atom is 0.123 e. The van der Waals surface area contributed by atoms with E-state index >= 15 is 0 Å². The average molecular weight is 280 g/mol. The molecule has 0 radical (unpaired) electrons. The van der Waals surface area contributed by atoms with Crippen LogP contribution in [0.3, 0.4) is 0 Å². The lowest BCUT2D eigenvalue weighted by atomic mass is 9.79. The van der Waals surface area contributed by atoms with Gasteiger partial charge in [0.1, 0.15) is 11.6 Å². The Morgan fingerprint density at radius 2 is 1.85 bits per heavy atom. The first-order valence-corrected chi connectivity index (χ1v) is 7.17. The van der Waals surface area contributed by atoms with E-state index in [2.05, 4.69) is 38.3 Å². The predicted molar refractivity (Wildman–Crippen MR) is 79.2 cm³/mol. The van der Waals surface area contributed by atoms with E-state index in [4.69, 9.17) is 0 Å². The van der Waals surface area contributed by atoms with Gasteiger partial charge in [0.25, 0.3) is 0 Å². The van der Waals surface area contributed by atoms with Crippen LogP contribution < -0.4 is 10.6 Å². The lowest BCUT2D eigenvalue weighted by Crippen LogP contribution is -2.61. The molecule has 0 unspecified atom stereocenters. The van der Waals surface area contributed by atoms with Gasteiger partial charge in [-0.15, -0.1) is 0 Å². The summed E-state index contributed by atoms with van der Waals surface area (Å²) in [6, 6.07) is 4.42. The van der Waals surface area contributed by atoms with Crippen LogP contribution in [0.1, 0.15) is 46.1 Å². The summed E-state index contributed by atoms with van der Waals surface area (Å²) in [4.78, 5) is 0. The van der Waals surface area contributed by atoms with Crippen LogP contribution in [-0.2, 0) is 6.54 Å². The van der Waals surface area contributed by atoms with Crippen LogP contribution in [0.5, 0.6) is 5.75 Å². The highest BCUT2D eigenvalue weighted by atomic mass is 19.1. The topological polar surface area (TPSA) is 44.3 Å². The van der Waals surface area contributed by atoms with E-state index in [0.717, 1.165) is 12.8 Å². The van der Waals surface area contributed by atoms with Crippen LogP contribution in [0.4, 0.5) is 4.39 Å². The number of hydrogen-bond donors (Lipinski definition) is 3. The van der Waals surface area contributed by atoms with Gasteiger partial charge in [0.05, 0.1) is 0 Å². The summed E-state index contributed by atoms with van der Waals surface area (Å²) in [5.41, 5.74) is 0.756. The number of phenolic OH excluding ortho intramolecular Hbond substituents is 1. The molecular formula is C16H25FN2O. The Bertz CT molecular complexity index is 469. The summed E-state index contributed by atoms with van der Waals surface area (Å²) in [5, 5.41) is 16.8. The van der Waals surface area contributed by atoms with Gasteiger partial charge in [0, 0.05) is 29.2 Å². The molecule has 3 N–H and O–H groups in total. The monoisotopic (exact) mass is 280 g/mol. The fourth-order valence-corrected chi connectivity index (χ4v) is 3.42. The third kappa shape index (κ3) is 3.93. The summed E-state index contributed by atoms with van der Waals surface area (Å²) < 4.78 is 13.2. The maximum atomic E-state index is 13.2. The highest BCUT2D eigenvalue weighted by molar-refractivity contribution is 5.32. The lowest BCUT2D eigenvalue weighted by molar-refractivity contribution is 0.145. The zero-order valence-corrected chi connectivity index (χ0v) is 12.8. The molecule has 112 valence electrons. The standard InChI is InChI=1S/C16H25FN2O/c1-15(2)8-13(9-16(3,4)19-15)18-10-11-7-12(17)5-6-14(11)20/h5-7,13,18-20H,8-10H2,1-4H3. The molecule has 1 saturated heterocycles. The van der Waals surface area contributed by atoms with Gasteiger partial charge in [0.15, 0.2) is 0 Å². The minimum Gasteiger partial charge on any atom is -0.508 e. The SMILES string of the molecule is CC1(C)CC(NCc2cc(F)ccc2O)CC(C)(C)N1. The van der Waals surface area contributed by atoms with Crippen LogP contribution in [0.25, 0.3) is 0 Å². The highest BCUT2D eigenvalue weighted by Crippen LogP contribution is 2.29. The molecule has 0 atom stereocenters. The quantitative estimate of drug-likeness (QED) is 0.797. The number of piperidine rings is 1. The Morgan fingerprint density at radius 1 is 1.25 bits per heavy atom. The second kappa shape index (κ2) is 5.34. The minimum absolute atomic E-state index is 0.0728. The van der Waals surface area contributed by atoms with Crippen LogP contribution >= 0.6 is 0 Å². The van der Waals surface area contributed by atoms with Gasteiger partial charge >= 0.3 is 0 Å². The fourth-order valence-electron chi connectivity index (χ4n) is 3.42. The van der Waals surface area contributed by atoms with Gasteiger partial charge in [-0.05, 0) is 58.7 Å². The molecule has 1 aromatic carbocycles. The molecular weight excluding hydrogens is 255 g/mol. The summed E-state index contributed by atoms with van der Waals surface area (Å²) >= 11 is 0. The third-order valence-electron chi connectivity index (χ3n) is 3.81. The van der Waals surface area contributed by atoms with Crippen LogP contribution in [0.2, 0.25) is 0 Å². The molecule has 2 rings (SSSR count). The number of halogens is 1. The molecule has 0 amide bonds. The minimum atomic E-state index is -0.314. The van der Waals surface area contributed by atoms with Crippen molar-refractivity contribution in [3.63, 3.8) is 0 Å². The van der Waals surface area contributed by atoms with Crippen molar-refractivity contribution in [2.45, 2.75) is 64.2 Å². The molecule has 1 aromatic rings. The Balaban J connectivity index is 2.01. The van der Waals surface area contributed by atoms with Crippen molar-refractivity contribution >= 4 is 0 Å². The summed E-state index contributed by atoms with van der Waals surface area (Å²) in [5.74, 6) is -0.170. The Kier molecular flexibility index (Phi) is 4.07. The van der Waals surface area contributed by atoms with Crippen LogP contribution in [-0.4, -0.2) is 22.2 Å². The highest BCUT2D eigenvalue weighted by Gasteiger charge is 2.37. The smallest absolute Gasteiger partial charge is 0.123 e. The maximum absolute atomic E-state index is 13.2. The number of aromatic hydroxyl groups is 1. The number of hydrogen-bond acceptors (Lipinski definition) is 3. The Hall–Kier alpha value is -1.13. The number of rotatable bonds is 3. The number of nitrogens with one attached hydrogen (secondary N) is 2. The molecule has 1 aliphatic rings. The third-order valence-corrected chi connectivity index (χ3v) is 3.81. The van der Waals surface area contributed by atoms with Crippen molar-refractivity contribution in [3.8, 4) is 5.75 Å². The Labute approximate surface area is 120 Å². The van der Waals surface area contributed by atoms with Gasteiger partial charge in [-0.3, -0.25) is 0 Å². The van der Waals surface area contributed by atoms with E-state index in [9.17, 15) is 9.50 Å². The molecule has 0 spiro atoms. The zero-order chi connectivity index (χ0) is 15.0. The fraction of sp³-hybridized carbons (Fsp3) is 0.625. The van der Waals surface area contributed by atoms with Gasteiger partial charge in [-0.2, -0.15) is 0 Å². The van der Waals surface area contributed by atoms with E-state index < -0.39 is 0 Å². The molecule has 1 aliphatic heterocycles. The summed E-state index contributed by atoms with van der Waals surface area (Å²) in [6.45, 7) is 9.27. The molecule has 0 aliphatic carbocycles. The van der Waals surface area contributed by atoms with Gasteiger partial charge in [-0.25, -0.2) is 4.39 Å². The number of benzene rings is 1. The lowest BCUT2D eigenvalue weighted by Gasteiger charge is -2.46. The first-order chi connectivity index (χ1) is 9.17. The largest absolute Gasteiger partial charge is 0.508 e. The van der Waals surface area contributed by atoms with E-state index in [0.29, 0.717) is 18.2 Å². The molecule has 0 aromatic heterocycles.